The summed E-state index contributed by atoms with van der Waals surface area (Å²) in [6.45, 7) is 4.10. The molecule has 0 bridgehead atoms. The highest BCUT2D eigenvalue weighted by Crippen LogP contribution is 2.34. The Balaban J connectivity index is 0.000000720. The van der Waals surface area contributed by atoms with Gasteiger partial charge in [-0.3, -0.25) is 5.32 Å². The van der Waals surface area contributed by atoms with Crippen LogP contribution in [-0.2, 0) is 4.74 Å². The van der Waals surface area contributed by atoms with Crippen LogP contribution in [0.25, 0.3) is 0 Å². The Morgan fingerprint density at radius 3 is 2.92 bits per heavy atom. The van der Waals surface area contributed by atoms with Crippen LogP contribution in [0.4, 0.5) is 0 Å². The van der Waals surface area contributed by atoms with Crippen molar-refractivity contribution in [2.75, 3.05) is 24.7 Å². The first kappa shape index (κ1) is 10.6. The zero-order valence-corrected chi connectivity index (χ0v) is 8.97. The maximum Gasteiger partial charge on any atom is 0.120 e. The van der Waals surface area contributed by atoms with Crippen LogP contribution in [0, 0.1) is 5.92 Å². The fourth-order valence-corrected chi connectivity index (χ4v) is 3.23. The maximum absolute atomic E-state index is 5.70. The van der Waals surface area contributed by atoms with Gasteiger partial charge in [-0.05, 0) is 19.1 Å². The standard InChI is InChI=1S/C8H15NOS.ClH/c1-8(9-3-4-10-8)7-2-5-11-6-7;/h7,9H,2-6H2,1H3;1H. The zero-order valence-electron chi connectivity index (χ0n) is 7.34. The van der Waals surface area contributed by atoms with Crippen molar-refractivity contribution in [1.29, 1.82) is 0 Å². The molecule has 2 atom stereocenters. The van der Waals surface area contributed by atoms with Crippen molar-refractivity contribution >= 4 is 24.2 Å². The molecule has 0 aromatic heterocycles. The molecule has 0 aromatic carbocycles. The lowest BCUT2D eigenvalue weighted by Gasteiger charge is -2.29. The van der Waals surface area contributed by atoms with E-state index in [9.17, 15) is 0 Å². The fraction of sp³-hybridized carbons (Fsp3) is 1.00. The van der Waals surface area contributed by atoms with E-state index in [-0.39, 0.29) is 18.1 Å². The molecule has 12 heavy (non-hydrogen) atoms. The molecule has 4 heteroatoms. The van der Waals surface area contributed by atoms with Crippen molar-refractivity contribution < 1.29 is 4.74 Å². The van der Waals surface area contributed by atoms with Gasteiger partial charge in [0.2, 0.25) is 0 Å². The predicted octanol–water partition coefficient (Wildman–Crippen LogP) is 1.50. The third kappa shape index (κ3) is 1.90. The number of hydrogen-bond acceptors (Lipinski definition) is 3. The first-order valence-electron chi connectivity index (χ1n) is 4.28. The third-order valence-electron chi connectivity index (χ3n) is 2.69. The van der Waals surface area contributed by atoms with E-state index in [1.807, 2.05) is 11.8 Å². The second-order valence-corrected chi connectivity index (χ2v) is 4.59. The normalized spacial score (nSPS) is 41.2. The smallest absolute Gasteiger partial charge is 0.120 e. The highest BCUT2D eigenvalue weighted by Gasteiger charge is 2.39. The molecule has 2 aliphatic heterocycles. The number of nitrogens with one attached hydrogen (secondary N) is 1. The van der Waals surface area contributed by atoms with Crippen LogP contribution < -0.4 is 5.32 Å². The monoisotopic (exact) mass is 209 g/mol. The van der Waals surface area contributed by atoms with Crippen molar-refractivity contribution in [2.45, 2.75) is 19.1 Å². The molecule has 2 unspecified atom stereocenters. The van der Waals surface area contributed by atoms with E-state index in [0.29, 0.717) is 0 Å². The van der Waals surface area contributed by atoms with E-state index >= 15 is 0 Å². The van der Waals surface area contributed by atoms with Crippen molar-refractivity contribution in [3.8, 4) is 0 Å². The first-order chi connectivity index (χ1) is 5.31. The van der Waals surface area contributed by atoms with Crippen LogP contribution in [0.3, 0.4) is 0 Å². The van der Waals surface area contributed by atoms with Crippen LogP contribution in [0.1, 0.15) is 13.3 Å². The summed E-state index contributed by atoms with van der Waals surface area (Å²) >= 11 is 2.05. The molecule has 2 fully saturated rings. The van der Waals surface area contributed by atoms with Gasteiger partial charge in [0.15, 0.2) is 0 Å². The topological polar surface area (TPSA) is 21.3 Å². The van der Waals surface area contributed by atoms with E-state index in [4.69, 9.17) is 4.74 Å². The lowest BCUT2D eigenvalue weighted by molar-refractivity contribution is -0.0345. The largest absolute Gasteiger partial charge is 0.359 e. The van der Waals surface area contributed by atoms with Crippen LogP contribution in [0.2, 0.25) is 0 Å². The molecule has 0 amide bonds. The minimum atomic E-state index is 0. The molecule has 0 aliphatic carbocycles. The highest BCUT2D eigenvalue weighted by molar-refractivity contribution is 7.99. The molecule has 2 saturated heterocycles. The van der Waals surface area contributed by atoms with E-state index < -0.39 is 0 Å². The van der Waals surface area contributed by atoms with Crippen LogP contribution in [0.15, 0.2) is 0 Å². The van der Waals surface area contributed by atoms with Gasteiger partial charge in [-0.2, -0.15) is 11.8 Å². The van der Waals surface area contributed by atoms with Gasteiger partial charge in [-0.15, -0.1) is 12.4 Å². The minimum absolute atomic E-state index is 0. The number of ether oxygens (including phenoxy) is 1. The van der Waals surface area contributed by atoms with Gasteiger partial charge in [0.05, 0.1) is 6.61 Å². The molecule has 0 radical (unpaired) electrons. The molecule has 2 aliphatic rings. The molecule has 72 valence electrons. The Bertz CT molecular complexity index is 144. The summed E-state index contributed by atoms with van der Waals surface area (Å²) in [5.74, 6) is 3.31. The van der Waals surface area contributed by atoms with E-state index in [2.05, 4.69) is 12.2 Å². The van der Waals surface area contributed by atoms with Crippen molar-refractivity contribution in [3.63, 3.8) is 0 Å². The van der Waals surface area contributed by atoms with Gasteiger partial charge in [-0.1, -0.05) is 0 Å². The molecular formula is C8H16ClNOS. The molecule has 1 N–H and O–H groups in total. The minimum Gasteiger partial charge on any atom is -0.359 e. The SMILES string of the molecule is CC1(C2CCSC2)NCCO1.Cl. The average Bonchev–Trinajstić information content (AvgIpc) is 2.55. The number of hydrogen-bond donors (Lipinski definition) is 1. The summed E-state index contributed by atoms with van der Waals surface area (Å²) < 4.78 is 5.70. The van der Waals surface area contributed by atoms with Crippen molar-refractivity contribution in [3.05, 3.63) is 0 Å². The molecule has 2 rings (SSSR count). The van der Waals surface area contributed by atoms with Crippen molar-refractivity contribution in [1.82, 2.24) is 5.32 Å². The fourth-order valence-electron chi connectivity index (χ4n) is 1.84. The number of thioether (sulfide) groups is 1. The second kappa shape index (κ2) is 4.18. The first-order valence-corrected chi connectivity index (χ1v) is 5.43. The predicted molar refractivity (Wildman–Crippen MR) is 55.0 cm³/mol. The molecule has 0 saturated carbocycles. The summed E-state index contributed by atoms with van der Waals surface area (Å²) in [7, 11) is 0. The number of halogens is 1. The maximum atomic E-state index is 5.70. The quantitative estimate of drug-likeness (QED) is 0.708. The van der Waals surface area contributed by atoms with Crippen LogP contribution >= 0.6 is 24.2 Å². The number of rotatable bonds is 1. The second-order valence-electron chi connectivity index (χ2n) is 3.44. The Labute approximate surface area is 84.2 Å². The summed E-state index contributed by atoms with van der Waals surface area (Å²) in [6, 6.07) is 0. The van der Waals surface area contributed by atoms with E-state index in [0.717, 1.165) is 19.1 Å². The van der Waals surface area contributed by atoms with Crippen molar-refractivity contribution in [2.24, 2.45) is 5.92 Å². The Morgan fingerprint density at radius 1 is 1.58 bits per heavy atom. The summed E-state index contributed by atoms with van der Waals surface area (Å²) in [4.78, 5) is 0. The van der Waals surface area contributed by atoms with Gasteiger partial charge in [0.1, 0.15) is 5.72 Å². The summed E-state index contributed by atoms with van der Waals surface area (Å²) in [5.41, 5.74) is 0.00347. The van der Waals surface area contributed by atoms with Crippen LogP contribution in [0.5, 0.6) is 0 Å². The molecule has 0 spiro atoms. The highest BCUT2D eigenvalue weighted by atomic mass is 35.5. The van der Waals surface area contributed by atoms with E-state index in [1.54, 1.807) is 0 Å². The van der Waals surface area contributed by atoms with E-state index in [1.165, 1.54) is 17.9 Å². The Hall–Kier alpha value is 0.560. The van der Waals surface area contributed by atoms with Gasteiger partial charge < -0.3 is 4.74 Å². The Kier molecular flexibility index (Phi) is 3.71. The van der Waals surface area contributed by atoms with Gasteiger partial charge in [-0.25, -0.2) is 0 Å². The molecule has 2 heterocycles. The lowest BCUT2D eigenvalue weighted by Crippen LogP contribution is -2.45. The summed E-state index contributed by atoms with van der Waals surface area (Å²) in [5, 5.41) is 3.44. The zero-order chi connectivity index (χ0) is 7.73. The lowest BCUT2D eigenvalue weighted by atomic mass is 9.97. The molecule has 0 aromatic rings. The molecule has 2 nitrogen and oxygen atoms in total. The summed E-state index contributed by atoms with van der Waals surface area (Å²) in [6.07, 6.45) is 1.31. The van der Waals surface area contributed by atoms with Gasteiger partial charge >= 0.3 is 0 Å². The Morgan fingerprint density at radius 2 is 2.42 bits per heavy atom. The third-order valence-corrected chi connectivity index (χ3v) is 3.85. The molecular weight excluding hydrogens is 194 g/mol. The van der Waals surface area contributed by atoms with Gasteiger partial charge in [0, 0.05) is 18.2 Å². The van der Waals surface area contributed by atoms with Crippen LogP contribution in [-0.4, -0.2) is 30.4 Å². The average molecular weight is 210 g/mol. The van der Waals surface area contributed by atoms with Gasteiger partial charge in [0.25, 0.3) is 0 Å².